The Morgan fingerprint density at radius 3 is 1.47 bits per heavy atom. The van der Waals surface area contributed by atoms with Crippen LogP contribution >= 0.6 is 0 Å². The maximum absolute atomic E-state index is 7.07. The van der Waals surface area contributed by atoms with Crippen LogP contribution in [0.15, 0.2) is 115 Å². The smallest absolute Gasteiger partial charge is 0.246 e. The minimum atomic E-state index is 0.0703. The summed E-state index contributed by atoms with van der Waals surface area (Å²) in [5.41, 5.74) is 19.1. The van der Waals surface area contributed by atoms with Crippen molar-refractivity contribution in [1.82, 2.24) is 0 Å². The van der Waals surface area contributed by atoms with Crippen molar-refractivity contribution in [2.75, 3.05) is 0 Å². The zero-order valence-electron chi connectivity index (χ0n) is 31.9. The maximum atomic E-state index is 7.07. The lowest BCUT2D eigenvalue weighted by molar-refractivity contribution is 0.479. The highest BCUT2D eigenvalue weighted by Gasteiger charge is 2.44. The predicted molar refractivity (Wildman–Crippen MR) is 232 cm³/mol. The van der Waals surface area contributed by atoms with Crippen LogP contribution in [0.25, 0.3) is 76.5 Å². The lowest BCUT2D eigenvalue weighted by Gasteiger charge is -2.39. The number of rotatable bonds is 4. The second-order valence-corrected chi connectivity index (χ2v) is 16.3. The molecule has 0 spiro atoms. The highest BCUT2D eigenvalue weighted by atomic mass is 16.5. The zero-order chi connectivity index (χ0) is 37.0. The molecule has 3 heterocycles. The van der Waals surface area contributed by atoms with Gasteiger partial charge in [0.05, 0.1) is 0 Å². The van der Waals surface area contributed by atoms with Gasteiger partial charge in [0.1, 0.15) is 23.0 Å². The van der Waals surface area contributed by atoms with Crippen molar-refractivity contribution in [3.63, 3.8) is 0 Å². The van der Waals surface area contributed by atoms with Crippen molar-refractivity contribution >= 4 is 66.2 Å². The van der Waals surface area contributed by atoms with E-state index in [4.69, 9.17) is 9.47 Å². The molecular formula is C52H37BO2. The summed E-state index contributed by atoms with van der Waals surface area (Å²) in [6, 6.07) is 43.4. The first-order valence-corrected chi connectivity index (χ1v) is 19.5. The first-order chi connectivity index (χ1) is 26.7. The van der Waals surface area contributed by atoms with Crippen LogP contribution < -0.4 is 25.9 Å². The van der Waals surface area contributed by atoms with Gasteiger partial charge in [-0.25, -0.2) is 0 Å². The summed E-state index contributed by atoms with van der Waals surface area (Å²) >= 11 is 0. The minimum Gasteiger partial charge on any atom is -0.456 e. The molecule has 260 valence electrons. The Balaban J connectivity index is 1.25. The number of benzene rings is 9. The molecule has 3 aliphatic heterocycles. The molecule has 0 saturated heterocycles. The molecule has 0 atom stereocenters. The van der Waals surface area contributed by atoms with E-state index >= 15 is 0 Å². The topological polar surface area (TPSA) is 18.5 Å². The molecule has 0 aromatic heterocycles. The summed E-state index contributed by atoms with van der Waals surface area (Å²) in [5.74, 6) is 3.60. The molecular weight excluding hydrogens is 667 g/mol. The van der Waals surface area contributed by atoms with E-state index in [2.05, 4.69) is 157 Å². The van der Waals surface area contributed by atoms with E-state index in [0.29, 0.717) is 0 Å². The van der Waals surface area contributed by atoms with Crippen LogP contribution in [0.2, 0.25) is 0 Å². The third-order valence-electron chi connectivity index (χ3n) is 12.8. The molecule has 0 radical (unpaired) electrons. The Bertz CT molecular complexity index is 3230. The van der Waals surface area contributed by atoms with Crippen LogP contribution in [0.3, 0.4) is 0 Å². The number of aryl methyl sites for hydroxylation is 6. The Morgan fingerprint density at radius 1 is 0.364 bits per heavy atom. The van der Waals surface area contributed by atoms with Gasteiger partial charge < -0.3 is 9.47 Å². The second kappa shape index (κ2) is 10.7. The van der Waals surface area contributed by atoms with Gasteiger partial charge in [-0.2, -0.15) is 0 Å². The lowest BCUT2D eigenvalue weighted by Crippen LogP contribution is -2.59. The van der Waals surface area contributed by atoms with Crippen molar-refractivity contribution in [1.29, 1.82) is 0 Å². The number of hydrogen-bond acceptors (Lipinski definition) is 2. The number of hydrogen-bond donors (Lipinski definition) is 0. The lowest BCUT2D eigenvalue weighted by atomic mass is 9.28. The van der Waals surface area contributed by atoms with E-state index in [9.17, 15) is 0 Å². The van der Waals surface area contributed by atoms with Crippen molar-refractivity contribution < 1.29 is 9.47 Å². The largest absolute Gasteiger partial charge is 0.456 e. The zero-order valence-corrected chi connectivity index (χ0v) is 31.9. The second-order valence-electron chi connectivity index (χ2n) is 16.3. The van der Waals surface area contributed by atoms with Gasteiger partial charge in [-0.15, -0.1) is 0 Å². The van der Waals surface area contributed by atoms with Crippen molar-refractivity contribution in [2.24, 2.45) is 0 Å². The van der Waals surface area contributed by atoms with Gasteiger partial charge in [0, 0.05) is 10.8 Å². The van der Waals surface area contributed by atoms with E-state index in [0.717, 1.165) is 56.0 Å². The summed E-state index contributed by atoms with van der Waals surface area (Å²) in [6.07, 6.45) is 0. The Labute approximate surface area is 321 Å². The standard InChI is InChI=1S/C52H37BO2/c1-26-20-28(3)51(29(4)21-26)54-43-18-16-35-37-12-9-13-38-40-24-32-10-7-8-11-33(32)34-14-15-39-36-17-19-44(55-52-30(5)22-27(2)23-31(52)6)42-25-41(43)46(35)50(47(36)42)53(48(37)38)49(39)45(34)40/h7-25H,1-6H3. The fraction of sp³-hybridized carbons (Fsp3) is 0.115. The van der Waals surface area contributed by atoms with Crippen LogP contribution in [0.5, 0.6) is 23.0 Å². The van der Waals surface area contributed by atoms with Crippen LogP contribution in [0, 0.1) is 41.5 Å². The van der Waals surface area contributed by atoms with Crippen molar-refractivity contribution in [3.05, 3.63) is 149 Å². The summed E-state index contributed by atoms with van der Waals surface area (Å²) in [5, 5.41) is 10.1. The molecule has 0 fully saturated rings. The highest BCUT2D eigenvalue weighted by molar-refractivity contribution is 7.04. The van der Waals surface area contributed by atoms with E-state index < -0.39 is 0 Å². The minimum absolute atomic E-state index is 0.0703. The molecule has 9 aromatic carbocycles. The molecule has 0 aliphatic carbocycles. The van der Waals surface area contributed by atoms with Gasteiger partial charge in [0.2, 0.25) is 6.71 Å². The Morgan fingerprint density at radius 2 is 0.873 bits per heavy atom. The van der Waals surface area contributed by atoms with Gasteiger partial charge in [-0.05, 0) is 154 Å². The van der Waals surface area contributed by atoms with E-state index in [-0.39, 0.29) is 6.71 Å². The van der Waals surface area contributed by atoms with Crippen molar-refractivity contribution in [2.45, 2.75) is 41.5 Å². The number of ether oxygens (including phenoxy) is 2. The third kappa shape index (κ3) is 4.00. The van der Waals surface area contributed by atoms with E-state index in [1.54, 1.807) is 0 Å². The van der Waals surface area contributed by atoms with E-state index in [1.165, 1.54) is 93.2 Å². The molecule has 12 rings (SSSR count). The fourth-order valence-electron chi connectivity index (χ4n) is 10.9. The first kappa shape index (κ1) is 31.1. The molecule has 2 nitrogen and oxygen atoms in total. The summed E-state index contributed by atoms with van der Waals surface area (Å²) in [4.78, 5) is 0. The average molecular weight is 705 g/mol. The quantitative estimate of drug-likeness (QED) is 0.103. The van der Waals surface area contributed by atoms with Crippen LogP contribution in [0.1, 0.15) is 33.4 Å². The summed E-state index contributed by atoms with van der Waals surface area (Å²) in [7, 11) is 0. The molecule has 0 saturated carbocycles. The normalized spacial score (nSPS) is 12.9. The molecule has 55 heavy (non-hydrogen) atoms. The molecule has 0 N–H and O–H groups in total. The van der Waals surface area contributed by atoms with Gasteiger partial charge >= 0.3 is 0 Å². The average Bonchev–Trinajstić information content (AvgIpc) is 3.17. The van der Waals surface area contributed by atoms with Crippen LogP contribution in [-0.4, -0.2) is 6.71 Å². The van der Waals surface area contributed by atoms with Crippen LogP contribution in [0.4, 0.5) is 0 Å². The summed E-state index contributed by atoms with van der Waals surface area (Å²) < 4.78 is 14.1. The van der Waals surface area contributed by atoms with Gasteiger partial charge in [0.25, 0.3) is 0 Å². The molecule has 3 heteroatoms. The Hall–Kier alpha value is -6.32. The number of fused-ring (bicyclic) bond motifs is 5. The molecule has 0 unspecified atom stereocenters. The maximum Gasteiger partial charge on any atom is 0.246 e. The van der Waals surface area contributed by atoms with Gasteiger partial charge in [0.15, 0.2) is 0 Å². The van der Waals surface area contributed by atoms with Crippen LogP contribution in [-0.2, 0) is 0 Å². The van der Waals surface area contributed by atoms with Gasteiger partial charge in [-0.1, -0.05) is 119 Å². The molecule has 0 bridgehead atoms. The monoisotopic (exact) mass is 704 g/mol. The SMILES string of the molecule is Cc1cc(C)c(Oc2ccc3c4c5c6c(ccc(Oc7c(C)cc(C)cc7C)c6cc24)-c2ccc4c6c(cc7ccccc74)-c4cccc-3c4B5c26)c(C)c1. The Kier molecular flexibility index (Phi) is 6.03. The molecule has 9 aromatic rings. The predicted octanol–water partition coefficient (Wildman–Crippen LogP) is 12.2. The third-order valence-corrected chi connectivity index (χ3v) is 12.8. The molecule has 0 amide bonds. The molecule has 3 aliphatic rings. The van der Waals surface area contributed by atoms with Gasteiger partial charge in [-0.3, -0.25) is 0 Å². The highest BCUT2D eigenvalue weighted by Crippen LogP contribution is 2.50. The van der Waals surface area contributed by atoms with Crippen molar-refractivity contribution in [3.8, 4) is 56.4 Å². The van der Waals surface area contributed by atoms with E-state index in [1.807, 2.05) is 0 Å². The fourth-order valence-corrected chi connectivity index (χ4v) is 10.9. The first-order valence-electron chi connectivity index (χ1n) is 19.5. The summed E-state index contributed by atoms with van der Waals surface area (Å²) in [6.45, 7) is 13.0.